The Bertz CT molecular complexity index is 1350. The molecule has 2 amide bonds. The first-order valence-electron chi connectivity index (χ1n) is 11.0. The molecule has 2 heterocycles. The van der Waals surface area contributed by atoms with Crippen molar-refractivity contribution >= 4 is 45.6 Å². The molecule has 32 heavy (non-hydrogen) atoms. The van der Waals surface area contributed by atoms with Crippen LogP contribution in [0.4, 0.5) is 5.69 Å². The van der Waals surface area contributed by atoms with Crippen molar-refractivity contribution in [1.82, 2.24) is 0 Å². The molecule has 4 aliphatic rings. The molecule has 0 unspecified atom stereocenters. The van der Waals surface area contributed by atoms with Gasteiger partial charge in [0.2, 0.25) is 11.8 Å². The molecule has 0 radical (unpaired) electrons. The second-order valence-electron chi connectivity index (χ2n) is 9.21. The molecule has 5 nitrogen and oxygen atoms in total. The molecule has 1 saturated heterocycles. The third-order valence-electron chi connectivity index (χ3n) is 7.83. The van der Waals surface area contributed by atoms with Crippen molar-refractivity contribution in [3.63, 3.8) is 0 Å². The number of oxime groups is 1. The van der Waals surface area contributed by atoms with E-state index in [1.807, 2.05) is 66.7 Å². The molecule has 6 heteroatoms. The first-order chi connectivity index (χ1) is 15.6. The van der Waals surface area contributed by atoms with E-state index >= 15 is 0 Å². The van der Waals surface area contributed by atoms with E-state index in [1.54, 1.807) is 0 Å². The molecule has 7 rings (SSSR count). The Balaban J connectivity index is 1.26. The molecule has 3 aromatic carbocycles. The summed E-state index contributed by atoms with van der Waals surface area (Å²) in [5, 5.41) is 7.10. The third kappa shape index (κ3) is 2.27. The number of carbonyl (C=O) groups is 2. The van der Waals surface area contributed by atoms with Crippen molar-refractivity contribution < 1.29 is 14.4 Å². The Morgan fingerprint density at radius 2 is 1.56 bits per heavy atom. The van der Waals surface area contributed by atoms with E-state index in [0.717, 1.165) is 28.5 Å². The Kier molecular flexibility index (Phi) is 3.69. The average Bonchev–Trinajstić information content (AvgIpc) is 3.54. The van der Waals surface area contributed by atoms with Crippen molar-refractivity contribution in [3.8, 4) is 0 Å². The molecular formula is C26H19ClN2O3. The number of fused-ring (bicyclic) bond motifs is 9. The van der Waals surface area contributed by atoms with Gasteiger partial charge in [0.1, 0.15) is 6.10 Å². The number of hydrogen-bond acceptors (Lipinski definition) is 4. The summed E-state index contributed by atoms with van der Waals surface area (Å²) in [6.07, 6.45) is 0.651. The predicted molar refractivity (Wildman–Crippen MR) is 121 cm³/mol. The fourth-order valence-corrected chi connectivity index (χ4v) is 6.82. The molecule has 0 aromatic heterocycles. The summed E-state index contributed by atoms with van der Waals surface area (Å²) in [5.41, 5.74) is 2.32. The van der Waals surface area contributed by atoms with Crippen LogP contribution in [-0.4, -0.2) is 23.6 Å². The summed E-state index contributed by atoms with van der Waals surface area (Å²) in [5.74, 6) is -0.817. The largest absolute Gasteiger partial charge is 0.391 e. The number of halogens is 1. The number of anilines is 1. The van der Waals surface area contributed by atoms with Crippen LogP contribution in [0.25, 0.3) is 10.8 Å². The zero-order valence-corrected chi connectivity index (χ0v) is 17.8. The van der Waals surface area contributed by atoms with Crippen molar-refractivity contribution in [3.05, 3.63) is 77.3 Å². The maximum atomic E-state index is 13.6. The van der Waals surface area contributed by atoms with Crippen LogP contribution in [-0.2, 0) is 14.4 Å². The Labute approximate surface area is 189 Å². The van der Waals surface area contributed by atoms with Gasteiger partial charge in [-0.3, -0.25) is 14.5 Å². The molecule has 3 fully saturated rings. The Morgan fingerprint density at radius 1 is 0.844 bits per heavy atom. The van der Waals surface area contributed by atoms with Crippen LogP contribution in [0.3, 0.4) is 0 Å². The molecule has 2 aliphatic carbocycles. The van der Waals surface area contributed by atoms with Gasteiger partial charge in [-0.1, -0.05) is 65.3 Å². The number of benzene rings is 3. The highest BCUT2D eigenvalue weighted by Crippen LogP contribution is 2.62. The van der Waals surface area contributed by atoms with Gasteiger partial charge in [0.25, 0.3) is 0 Å². The van der Waals surface area contributed by atoms with E-state index < -0.39 is 0 Å². The van der Waals surface area contributed by atoms with Gasteiger partial charge in [0, 0.05) is 22.4 Å². The van der Waals surface area contributed by atoms with E-state index in [4.69, 9.17) is 16.4 Å². The van der Waals surface area contributed by atoms with E-state index in [1.165, 1.54) is 4.90 Å². The van der Waals surface area contributed by atoms with Gasteiger partial charge in [-0.2, -0.15) is 0 Å². The highest BCUT2D eigenvalue weighted by atomic mass is 35.5. The highest BCUT2D eigenvalue weighted by molar-refractivity contribution is 6.34. The standard InChI is InChI=1S/C26H19ClN2O3/c27-19-8-4-3-7-16(19)23-22-17-12-18(24(22)32-28-23)21-20(17)25(30)29(26(21)31)15-10-9-13-5-1-2-6-14(13)11-15/h1-11,17-18,20-22,24H,12H2/t17-,18-,20-,21-,22-,24+/m1/s1. The lowest BCUT2D eigenvalue weighted by Gasteiger charge is -2.30. The Morgan fingerprint density at radius 3 is 2.38 bits per heavy atom. The van der Waals surface area contributed by atoms with Crippen molar-refractivity contribution in [1.29, 1.82) is 0 Å². The van der Waals surface area contributed by atoms with Gasteiger partial charge < -0.3 is 4.84 Å². The molecule has 0 N–H and O–H groups in total. The fourth-order valence-electron chi connectivity index (χ4n) is 6.59. The smallest absolute Gasteiger partial charge is 0.238 e. The maximum absolute atomic E-state index is 13.6. The second-order valence-corrected chi connectivity index (χ2v) is 9.62. The summed E-state index contributed by atoms with van der Waals surface area (Å²) in [6, 6.07) is 21.3. The van der Waals surface area contributed by atoms with Gasteiger partial charge in [0.05, 0.1) is 23.2 Å². The van der Waals surface area contributed by atoms with Gasteiger partial charge in [-0.25, -0.2) is 0 Å². The topological polar surface area (TPSA) is 59.0 Å². The summed E-state index contributed by atoms with van der Waals surface area (Å²) in [7, 11) is 0. The quantitative estimate of drug-likeness (QED) is 0.542. The third-order valence-corrected chi connectivity index (χ3v) is 8.16. The van der Waals surface area contributed by atoms with Crippen LogP contribution in [0.2, 0.25) is 5.02 Å². The lowest BCUT2D eigenvalue weighted by atomic mass is 9.71. The molecule has 3 aromatic rings. The minimum absolute atomic E-state index is 0.000596. The molecule has 6 atom stereocenters. The number of nitrogens with zero attached hydrogens (tertiary/aromatic N) is 2. The summed E-state index contributed by atoms with van der Waals surface area (Å²) >= 11 is 6.45. The molecule has 0 spiro atoms. The van der Waals surface area contributed by atoms with Crippen LogP contribution in [0.5, 0.6) is 0 Å². The highest BCUT2D eigenvalue weighted by Gasteiger charge is 2.70. The first kappa shape index (κ1) is 18.4. The van der Waals surface area contributed by atoms with Gasteiger partial charge in [-0.15, -0.1) is 0 Å². The van der Waals surface area contributed by atoms with E-state index in [-0.39, 0.29) is 47.5 Å². The second kappa shape index (κ2) is 6.42. The van der Waals surface area contributed by atoms with Crippen LogP contribution < -0.4 is 4.90 Å². The zero-order valence-electron chi connectivity index (χ0n) is 17.0. The summed E-state index contributed by atoms with van der Waals surface area (Å²) in [4.78, 5) is 34.4. The normalized spacial score (nSPS) is 32.3. The van der Waals surface area contributed by atoms with Crippen LogP contribution in [0.15, 0.2) is 71.9 Å². The maximum Gasteiger partial charge on any atom is 0.238 e. The van der Waals surface area contributed by atoms with Crippen molar-refractivity contribution in [2.24, 2.45) is 34.7 Å². The molecular weight excluding hydrogens is 424 g/mol. The SMILES string of the molecule is O=C1[C@@H]2[C@H]3C[C@@H]([C@@H]4ON=C(c5ccccc5Cl)[C@@H]34)[C@H]2C(=O)N1c1ccc2ccccc2c1. The number of imide groups is 1. The zero-order chi connectivity index (χ0) is 21.6. The van der Waals surface area contributed by atoms with Crippen molar-refractivity contribution in [2.75, 3.05) is 4.90 Å². The van der Waals surface area contributed by atoms with Crippen molar-refractivity contribution in [2.45, 2.75) is 12.5 Å². The molecule has 2 bridgehead atoms. The minimum Gasteiger partial charge on any atom is -0.391 e. The number of amides is 2. The van der Waals surface area contributed by atoms with Gasteiger partial charge in [0.15, 0.2) is 0 Å². The minimum atomic E-state index is -0.332. The fraction of sp³-hybridized carbons (Fsp3) is 0.269. The number of rotatable bonds is 2. The number of carbonyl (C=O) groups excluding carboxylic acids is 2. The predicted octanol–water partition coefficient (Wildman–Crippen LogP) is 4.67. The summed E-state index contributed by atoms with van der Waals surface area (Å²) in [6.45, 7) is 0. The van der Waals surface area contributed by atoms with E-state index in [2.05, 4.69) is 5.16 Å². The van der Waals surface area contributed by atoms with E-state index in [9.17, 15) is 9.59 Å². The lowest BCUT2D eigenvalue weighted by molar-refractivity contribution is -0.125. The first-order valence-corrected chi connectivity index (χ1v) is 11.4. The molecule has 158 valence electrons. The van der Waals surface area contributed by atoms with Crippen LogP contribution in [0, 0.1) is 29.6 Å². The van der Waals surface area contributed by atoms with Gasteiger partial charge in [-0.05, 0) is 41.3 Å². The molecule has 2 saturated carbocycles. The molecule has 2 aliphatic heterocycles. The Hall–Kier alpha value is -3.18. The lowest BCUT2D eigenvalue weighted by Crippen LogP contribution is -2.41. The number of hydrogen-bond donors (Lipinski definition) is 0. The van der Waals surface area contributed by atoms with Gasteiger partial charge >= 0.3 is 0 Å². The average molecular weight is 443 g/mol. The van der Waals surface area contributed by atoms with Crippen LogP contribution >= 0.6 is 11.6 Å². The van der Waals surface area contributed by atoms with E-state index in [0.29, 0.717) is 10.7 Å². The monoisotopic (exact) mass is 442 g/mol. The van der Waals surface area contributed by atoms with Crippen LogP contribution in [0.1, 0.15) is 12.0 Å². The summed E-state index contributed by atoms with van der Waals surface area (Å²) < 4.78 is 0.